The largest absolute Gasteiger partial charge is 0.477 e. The Morgan fingerprint density at radius 3 is 2.79 bits per heavy atom. The molecule has 1 amide bonds. The number of aromatic nitrogens is 1. The third-order valence-electron chi connectivity index (χ3n) is 1.55. The highest BCUT2D eigenvalue weighted by atomic mass is 16.4. The maximum Gasteiger partial charge on any atom is 0.354 e. The molecule has 0 aliphatic carbocycles. The van der Waals surface area contributed by atoms with E-state index in [0.29, 0.717) is 5.69 Å². The smallest absolute Gasteiger partial charge is 0.354 e. The number of carboxylic acid groups (broad SMARTS) is 1. The summed E-state index contributed by atoms with van der Waals surface area (Å²) in [5.74, 6) is 0.00969. The fourth-order valence-corrected chi connectivity index (χ4v) is 1.01. The lowest BCUT2D eigenvalue weighted by molar-refractivity contribution is -0.111. The van der Waals surface area contributed by atoms with Gasteiger partial charge >= 0.3 is 5.97 Å². The summed E-state index contributed by atoms with van der Waals surface area (Å²) in [5, 5.41) is 11.0. The molecule has 0 spiro atoms. The van der Waals surface area contributed by atoms with E-state index in [1.54, 1.807) is 6.92 Å². The van der Waals surface area contributed by atoms with Crippen molar-refractivity contribution >= 4 is 17.6 Å². The van der Waals surface area contributed by atoms with Gasteiger partial charge in [0.1, 0.15) is 5.69 Å². The van der Waals surface area contributed by atoms with Crippen LogP contribution in [0, 0.1) is 19.3 Å². The van der Waals surface area contributed by atoms with Crippen LogP contribution in [0.2, 0.25) is 0 Å². The molecule has 0 bridgehead atoms. The molecule has 0 atom stereocenters. The Morgan fingerprint density at radius 1 is 1.64 bits per heavy atom. The first kappa shape index (κ1) is 9.86. The summed E-state index contributed by atoms with van der Waals surface area (Å²) >= 11 is 0. The van der Waals surface area contributed by atoms with Gasteiger partial charge in [0.15, 0.2) is 0 Å². The molecule has 1 heterocycles. The minimum Gasteiger partial charge on any atom is -0.477 e. The van der Waals surface area contributed by atoms with E-state index in [1.807, 2.05) is 5.92 Å². The van der Waals surface area contributed by atoms with Crippen molar-refractivity contribution in [2.45, 2.75) is 6.92 Å². The molecule has 0 radical (unpaired) electrons. The average molecular weight is 192 g/mol. The SMILES string of the molecule is C#CC(=O)Nc1cc(C)[nH]c1C(=O)O. The van der Waals surface area contributed by atoms with Gasteiger partial charge in [-0.3, -0.25) is 4.79 Å². The Bertz CT molecular complexity index is 426. The highest BCUT2D eigenvalue weighted by Crippen LogP contribution is 2.16. The van der Waals surface area contributed by atoms with Crippen LogP contribution < -0.4 is 5.32 Å². The molecule has 0 aliphatic heterocycles. The van der Waals surface area contributed by atoms with Crippen LogP contribution in [0.3, 0.4) is 0 Å². The van der Waals surface area contributed by atoms with Crippen molar-refractivity contribution in [3.05, 3.63) is 17.5 Å². The van der Waals surface area contributed by atoms with Crippen molar-refractivity contribution in [2.24, 2.45) is 0 Å². The molecule has 1 aromatic heterocycles. The van der Waals surface area contributed by atoms with E-state index in [1.165, 1.54) is 6.07 Å². The number of amides is 1. The van der Waals surface area contributed by atoms with Crippen LogP contribution in [0.5, 0.6) is 0 Å². The number of aryl methyl sites for hydroxylation is 1. The number of carboxylic acids is 1. The number of aromatic carboxylic acids is 1. The zero-order chi connectivity index (χ0) is 10.7. The molecule has 0 saturated heterocycles. The predicted octanol–water partition coefficient (Wildman–Crippen LogP) is 0.593. The van der Waals surface area contributed by atoms with E-state index in [0.717, 1.165) is 0 Å². The fourth-order valence-electron chi connectivity index (χ4n) is 1.01. The second-order valence-corrected chi connectivity index (χ2v) is 2.64. The Labute approximate surface area is 80.1 Å². The number of carbonyl (C=O) groups excluding carboxylic acids is 1. The summed E-state index contributed by atoms with van der Waals surface area (Å²) in [6.07, 6.45) is 4.83. The van der Waals surface area contributed by atoms with E-state index in [4.69, 9.17) is 11.5 Å². The molecule has 0 aliphatic rings. The van der Waals surface area contributed by atoms with Crippen molar-refractivity contribution < 1.29 is 14.7 Å². The Balaban J connectivity index is 3.03. The van der Waals surface area contributed by atoms with Gasteiger partial charge in [-0.25, -0.2) is 4.79 Å². The number of aromatic amines is 1. The molecule has 5 heteroatoms. The van der Waals surface area contributed by atoms with Crippen molar-refractivity contribution in [1.82, 2.24) is 4.98 Å². The molecule has 0 fully saturated rings. The van der Waals surface area contributed by atoms with Crippen LogP contribution >= 0.6 is 0 Å². The molecular formula is C9H8N2O3. The lowest BCUT2D eigenvalue weighted by Crippen LogP contribution is -2.11. The summed E-state index contributed by atoms with van der Waals surface area (Å²) in [5.41, 5.74) is 0.735. The van der Waals surface area contributed by atoms with E-state index in [9.17, 15) is 9.59 Å². The molecule has 14 heavy (non-hydrogen) atoms. The predicted molar refractivity (Wildman–Crippen MR) is 50.0 cm³/mol. The van der Waals surface area contributed by atoms with Gasteiger partial charge in [0.05, 0.1) is 5.69 Å². The standard InChI is InChI=1S/C9H8N2O3/c1-3-7(12)11-6-4-5(2)10-8(6)9(13)14/h1,4,10H,2H3,(H,11,12)(H,13,14). The topological polar surface area (TPSA) is 82.2 Å². The van der Waals surface area contributed by atoms with Gasteiger partial charge in [0.2, 0.25) is 0 Å². The average Bonchev–Trinajstić information content (AvgIpc) is 2.46. The number of carbonyl (C=O) groups is 2. The Hall–Kier alpha value is -2.22. The van der Waals surface area contributed by atoms with E-state index in [2.05, 4.69) is 10.3 Å². The summed E-state index contributed by atoms with van der Waals surface area (Å²) in [6.45, 7) is 1.68. The molecule has 0 aromatic carbocycles. The first-order chi connectivity index (χ1) is 6.54. The maximum atomic E-state index is 10.8. The third-order valence-corrected chi connectivity index (χ3v) is 1.55. The van der Waals surface area contributed by atoms with Gasteiger partial charge in [-0.2, -0.15) is 0 Å². The summed E-state index contributed by atoms with van der Waals surface area (Å²) in [4.78, 5) is 24.1. The summed E-state index contributed by atoms with van der Waals surface area (Å²) in [6, 6.07) is 1.50. The van der Waals surface area contributed by atoms with Crippen LogP contribution in [0.1, 0.15) is 16.2 Å². The van der Waals surface area contributed by atoms with Gasteiger partial charge in [-0.05, 0) is 18.9 Å². The van der Waals surface area contributed by atoms with Crippen molar-refractivity contribution in [1.29, 1.82) is 0 Å². The highest BCUT2D eigenvalue weighted by molar-refractivity contribution is 6.06. The number of anilines is 1. The van der Waals surface area contributed by atoms with Crippen LogP contribution in [0.4, 0.5) is 5.69 Å². The quantitative estimate of drug-likeness (QED) is 0.600. The maximum absolute atomic E-state index is 10.8. The molecule has 1 aromatic rings. The van der Waals surface area contributed by atoms with E-state index >= 15 is 0 Å². The molecular weight excluding hydrogens is 184 g/mol. The molecule has 3 N–H and O–H groups in total. The van der Waals surface area contributed by atoms with Crippen LogP contribution in [-0.4, -0.2) is 22.0 Å². The molecule has 1 rings (SSSR count). The number of rotatable bonds is 2. The van der Waals surface area contributed by atoms with Gasteiger partial charge in [-0.1, -0.05) is 0 Å². The summed E-state index contributed by atoms with van der Waals surface area (Å²) in [7, 11) is 0. The normalized spacial score (nSPS) is 9.14. The minimum atomic E-state index is -1.15. The zero-order valence-electron chi connectivity index (χ0n) is 7.42. The van der Waals surface area contributed by atoms with Gasteiger partial charge in [0.25, 0.3) is 5.91 Å². The fraction of sp³-hybridized carbons (Fsp3) is 0.111. The second kappa shape index (κ2) is 3.66. The van der Waals surface area contributed by atoms with E-state index < -0.39 is 11.9 Å². The minimum absolute atomic E-state index is 0.0777. The molecule has 5 nitrogen and oxygen atoms in total. The number of nitrogens with one attached hydrogen (secondary N) is 2. The summed E-state index contributed by atoms with van der Waals surface area (Å²) < 4.78 is 0. The second-order valence-electron chi connectivity index (χ2n) is 2.64. The van der Waals surface area contributed by atoms with Crippen LogP contribution in [-0.2, 0) is 4.79 Å². The number of terminal acetylenes is 1. The van der Waals surface area contributed by atoms with Crippen molar-refractivity contribution in [3.8, 4) is 12.3 Å². The lowest BCUT2D eigenvalue weighted by Gasteiger charge is -1.98. The van der Waals surface area contributed by atoms with E-state index in [-0.39, 0.29) is 11.4 Å². The van der Waals surface area contributed by atoms with Gasteiger partial charge in [-0.15, -0.1) is 6.42 Å². The van der Waals surface area contributed by atoms with Crippen LogP contribution in [0.15, 0.2) is 6.07 Å². The van der Waals surface area contributed by atoms with Crippen molar-refractivity contribution in [3.63, 3.8) is 0 Å². The zero-order valence-corrected chi connectivity index (χ0v) is 7.42. The van der Waals surface area contributed by atoms with Crippen molar-refractivity contribution in [2.75, 3.05) is 5.32 Å². The molecule has 0 saturated carbocycles. The monoisotopic (exact) mass is 192 g/mol. The Kier molecular flexibility index (Phi) is 2.58. The number of hydrogen-bond donors (Lipinski definition) is 3. The number of hydrogen-bond acceptors (Lipinski definition) is 2. The third kappa shape index (κ3) is 1.93. The highest BCUT2D eigenvalue weighted by Gasteiger charge is 2.14. The molecule has 72 valence electrons. The Morgan fingerprint density at radius 2 is 2.29 bits per heavy atom. The first-order valence-corrected chi connectivity index (χ1v) is 3.75. The van der Waals surface area contributed by atoms with Gasteiger partial charge in [0, 0.05) is 5.69 Å². The molecule has 0 unspecified atom stereocenters. The van der Waals surface area contributed by atoms with Crippen LogP contribution in [0.25, 0.3) is 0 Å². The van der Waals surface area contributed by atoms with Gasteiger partial charge < -0.3 is 15.4 Å². The number of H-pyrrole nitrogens is 1. The lowest BCUT2D eigenvalue weighted by atomic mass is 10.3. The first-order valence-electron chi connectivity index (χ1n) is 3.75.